The summed E-state index contributed by atoms with van der Waals surface area (Å²) >= 11 is 0. The van der Waals surface area contributed by atoms with Gasteiger partial charge in [0, 0.05) is 48.4 Å². The fourth-order valence-corrected chi connectivity index (χ4v) is 3.01. The second kappa shape index (κ2) is 7.35. The lowest BCUT2D eigenvalue weighted by atomic mass is 10.1. The van der Waals surface area contributed by atoms with Crippen LogP contribution in [0.25, 0.3) is 0 Å². The number of nitrogens with one attached hydrogen (secondary N) is 2. The number of aromatic amines is 1. The number of aryl methyl sites for hydroxylation is 3. The maximum atomic E-state index is 12.5. The lowest BCUT2D eigenvalue weighted by molar-refractivity contribution is 0.101. The smallest absolute Gasteiger partial charge is 0.273 e. The van der Waals surface area contributed by atoms with Gasteiger partial charge >= 0.3 is 0 Å². The Labute approximate surface area is 151 Å². The van der Waals surface area contributed by atoms with E-state index >= 15 is 0 Å². The van der Waals surface area contributed by atoms with E-state index in [0.29, 0.717) is 34.9 Å². The van der Waals surface area contributed by atoms with Crippen LogP contribution in [0.2, 0.25) is 0 Å². The zero-order valence-electron chi connectivity index (χ0n) is 15.0. The molecule has 7 heteroatoms. The summed E-state index contributed by atoms with van der Waals surface area (Å²) in [7, 11) is 0. The minimum absolute atomic E-state index is 0.0610. The fourth-order valence-electron chi connectivity index (χ4n) is 3.01. The fraction of sp³-hybridized carbons (Fsp3) is 0.263. The molecule has 3 rings (SSSR count). The first-order valence-electron chi connectivity index (χ1n) is 8.40. The van der Waals surface area contributed by atoms with Crippen molar-refractivity contribution >= 4 is 17.5 Å². The van der Waals surface area contributed by atoms with Crippen LogP contribution in [-0.2, 0) is 13.0 Å². The summed E-state index contributed by atoms with van der Waals surface area (Å²) in [5, 5.41) is 7.13. The van der Waals surface area contributed by atoms with Gasteiger partial charge in [0.15, 0.2) is 11.6 Å². The standard InChI is InChI=1S/C19H21N5O2/c1-12-17(14(3)25)13(2)21-18(12)19(26)22-16-8-11-24(23-16)10-7-15-6-4-5-9-20-15/h4-6,8-9,11,21H,7,10H2,1-3H3,(H,22,23,26). The molecule has 0 aliphatic heterocycles. The molecular formula is C19H21N5O2. The Bertz CT molecular complexity index is 940. The molecular weight excluding hydrogens is 330 g/mol. The molecule has 0 radical (unpaired) electrons. The van der Waals surface area contributed by atoms with Crippen LogP contribution >= 0.6 is 0 Å². The van der Waals surface area contributed by atoms with Gasteiger partial charge in [-0.3, -0.25) is 19.3 Å². The van der Waals surface area contributed by atoms with E-state index in [4.69, 9.17) is 0 Å². The average molecular weight is 351 g/mol. The van der Waals surface area contributed by atoms with Gasteiger partial charge in [-0.05, 0) is 38.5 Å². The molecule has 3 aromatic rings. The van der Waals surface area contributed by atoms with Crippen molar-refractivity contribution in [2.24, 2.45) is 0 Å². The molecule has 0 aliphatic rings. The number of aromatic nitrogens is 4. The minimum atomic E-state index is -0.312. The maximum Gasteiger partial charge on any atom is 0.273 e. The number of carbonyl (C=O) groups excluding carboxylic acids is 2. The first-order valence-corrected chi connectivity index (χ1v) is 8.40. The highest BCUT2D eigenvalue weighted by Gasteiger charge is 2.20. The molecule has 0 bridgehead atoms. The van der Waals surface area contributed by atoms with Gasteiger partial charge in [0.1, 0.15) is 5.69 Å². The number of hydrogen-bond acceptors (Lipinski definition) is 4. The normalized spacial score (nSPS) is 10.7. The second-order valence-corrected chi connectivity index (χ2v) is 6.17. The Morgan fingerprint density at radius 3 is 2.69 bits per heavy atom. The van der Waals surface area contributed by atoms with Crippen molar-refractivity contribution < 1.29 is 9.59 Å². The topological polar surface area (TPSA) is 92.7 Å². The molecule has 0 aliphatic carbocycles. The van der Waals surface area contributed by atoms with Gasteiger partial charge in [0.25, 0.3) is 5.91 Å². The van der Waals surface area contributed by atoms with Crippen LogP contribution in [0.1, 0.15) is 44.7 Å². The third kappa shape index (κ3) is 3.72. The number of anilines is 1. The van der Waals surface area contributed by atoms with E-state index in [9.17, 15) is 9.59 Å². The molecule has 2 N–H and O–H groups in total. The molecule has 0 aromatic carbocycles. The lowest BCUT2D eigenvalue weighted by Crippen LogP contribution is -2.15. The van der Waals surface area contributed by atoms with Gasteiger partial charge in [-0.1, -0.05) is 6.07 Å². The van der Waals surface area contributed by atoms with Crippen LogP contribution in [0.5, 0.6) is 0 Å². The Kier molecular flexibility index (Phi) is 4.97. The van der Waals surface area contributed by atoms with Gasteiger partial charge in [-0.2, -0.15) is 5.10 Å². The summed E-state index contributed by atoms with van der Waals surface area (Å²) in [5.74, 6) is 0.0919. The second-order valence-electron chi connectivity index (χ2n) is 6.17. The molecule has 134 valence electrons. The van der Waals surface area contributed by atoms with Crippen LogP contribution < -0.4 is 5.32 Å². The molecule has 0 saturated heterocycles. The van der Waals surface area contributed by atoms with E-state index in [0.717, 1.165) is 12.1 Å². The number of carbonyl (C=O) groups is 2. The SMILES string of the molecule is CC(=O)c1c(C)[nH]c(C(=O)Nc2ccn(CCc3ccccn3)n2)c1C. The Balaban J connectivity index is 1.66. The molecule has 0 spiro atoms. The first kappa shape index (κ1) is 17.6. The zero-order chi connectivity index (χ0) is 18.7. The Hall–Kier alpha value is -3.22. The predicted octanol–water partition coefficient (Wildman–Crippen LogP) is 2.92. The first-order chi connectivity index (χ1) is 12.5. The molecule has 0 atom stereocenters. The van der Waals surface area contributed by atoms with Crippen LogP contribution in [0.4, 0.5) is 5.82 Å². The van der Waals surface area contributed by atoms with Crippen LogP contribution in [0.15, 0.2) is 36.7 Å². The van der Waals surface area contributed by atoms with E-state index in [1.54, 1.807) is 30.8 Å². The molecule has 3 aromatic heterocycles. The van der Waals surface area contributed by atoms with E-state index in [1.807, 2.05) is 24.4 Å². The van der Waals surface area contributed by atoms with E-state index < -0.39 is 0 Å². The molecule has 3 heterocycles. The summed E-state index contributed by atoms with van der Waals surface area (Å²) in [6.07, 6.45) is 4.33. The predicted molar refractivity (Wildman–Crippen MR) is 98.4 cm³/mol. The van der Waals surface area contributed by atoms with Crippen LogP contribution in [-0.4, -0.2) is 31.4 Å². The number of H-pyrrole nitrogens is 1. The number of hydrogen-bond donors (Lipinski definition) is 2. The number of Topliss-reactive ketones (excluding diaryl/α,β-unsaturated/α-hetero) is 1. The van der Waals surface area contributed by atoms with Crippen LogP contribution in [0, 0.1) is 13.8 Å². The van der Waals surface area contributed by atoms with Crippen molar-refractivity contribution in [3.63, 3.8) is 0 Å². The molecule has 7 nitrogen and oxygen atoms in total. The summed E-state index contributed by atoms with van der Waals surface area (Å²) in [6, 6.07) is 7.54. The molecule has 1 amide bonds. The van der Waals surface area contributed by atoms with Gasteiger partial charge in [0.05, 0.1) is 0 Å². The number of pyridine rings is 1. The number of amides is 1. The summed E-state index contributed by atoms with van der Waals surface area (Å²) in [4.78, 5) is 31.5. The van der Waals surface area contributed by atoms with E-state index in [1.165, 1.54) is 6.92 Å². The summed E-state index contributed by atoms with van der Waals surface area (Å²) < 4.78 is 1.76. The minimum Gasteiger partial charge on any atom is -0.354 e. The van der Waals surface area contributed by atoms with E-state index in [2.05, 4.69) is 20.4 Å². The number of nitrogens with zero attached hydrogens (tertiary/aromatic N) is 3. The van der Waals surface area contributed by atoms with Gasteiger partial charge in [0.2, 0.25) is 0 Å². The van der Waals surface area contributed by atoms with Gasteiger partial charge < -0.3 is 10.3 Å². The monoisotopic (exact) mass is 351 g/mol. The van der Waals surface area contributed by atoms with Crippen molar-refractivity contribution in [2.45, 2.75) is 33.7 Å². The largest absolute Gasteiger partial charge is 0.354 e. The maximum absolute atomic E-state index is 12.5. The van der Waals surface area contributed by atoms with Gasteiger partial charge in [-0.25, -0.2) is 0 Å². The molecule has 0 fully saturated rings. The van der Waals surface area contributed by atoms with Crippen molar-refractivity contribution in [2.75, 3.05) is 5.32 Å². The Morgan fingerprint density at radius 2 is 2.04 bits per heavy atom. The third-order valence-electron chi connectivity index (χ3n) is 4.22. The van der Waals surface area contributed by atoms with Crippen molar-refractivity contribution in [3.8, 4) is 0 Å². The molecule has 0 unspecified atom stereocenters. The number of ketones is 1. The summed E-state index contributed by atoms with van der Waals surface area (Å²) in [6.45, 7) is 5.71. The third-order valence-corrected chi connectivity index (χ3v) is 4.22. The van der Waals surface area contributed by atoms with Crippen LogP contribution in [0.3, 0.4) is 0 Å². The quantitative estimate of drug-likeness (QED) is 0.668. The van der Waals surface area contributed by atoms with Crippen molar-refractivity contribution in [1.29, 1.82) is 0 Å². The highest BCUT2D eigenvalue weighted by molar-refractivity contribution is 6.07. The number of rotatable bonds is 6. The average Bonchev–Trinajstić information content (AvgIpc) is 3.17. The highest BCUT2D eigenvalue weighted by atomic mass is 16.2. The lowest BCUT2D eigenvalue weighted by Gasteiger charge is -2.03. The molecule has 0 saturated carbocycles. The Morgan fingerprint density at radius 1 is 1.23 bits per heavy atom. The molecule has 26 heavy (non-hydrogen) atoms. The van der Waals surface area contributed by atoms with Gasteiger partial charge in [-0.15, -0.1) is 0 Å². The summed E-state index contributed by atoms with van der Waals surface area (Å²) in [5.41, 5.74) is 3.29. The van der Waals surface area contributed by atoms with Crippen molar-refractivity contribution in [3.05, 3.63) is 64.9 Å². The van der Waals surface area contributed by atoms with Crippen molar-refractivity contribution in [1.82, 2.24) is 19.7 Å². The zero-order valence-corrected chi connectivity index (χ0v) is 15.0. The van der Waals surface area contributed by atoms with E-state index in [-0.39, 0.29) is 11.7 Å². The highest BCUT2D eigenvalue weighted by Crippen LogP contribution is 2.19.